The number of pyridine rings is 1. The Hall–Kier alpha value is -3.10. The van der Waals surface area contributed by atoms with Crippen LogP contribution in [0.25, 0.3) is 22.0 Å². The largest absolute Gasteiger partial charge is 0.361 e. The van der Waals surface area contributed by atoms with E-state index < -0.39 is 0 Å². The molecule has 4 nitrogen and oxygen atoms in total. The van der Waals surface area contributed by atoms with Crippen LogP contribution in [0.5, 0.6) is 0 Å². The summed E-state index contributed by atoms with van der Waals surface area (Å²) in [6.45, 7) is 0. The molecule has 0 bridgehead atoms. The second kappa shape index (κ2) is 5.59. The van der Waals surface area contributed by atoms with Crippen molar-refractivity contribution in [1.82, 2.24) is 9.97 Å². The fourth-order valence-corrected chi connectivity index (χ4v) is 3.25. The predicted octanol–water partition coefficient (Wildman–Crippen LogP) is 4.91. The van der Waals surface area contributed by atoms with Crippen molar-refractivity contribution >= 4 is 33.6 Å². The monoisotopic (exact) mass is 316 g/mol. The van der Waals surface area contributed by atoms with Gasteiger partial charge in [0.25, 0.3) is 0 Å². The Balaban J connectivity index is 1.82. The third-order valence-corrected chi connectivity index (χ3v) is 4.40. The molecule has 0 amide bonds. The zero-order valence-electron chi connectivity index (χ0n) is 12.1. The Morgan fingerprint density at radius 2 is 2.13 bits per heavy atom. The molecule has 23 heavy (non-hydrogen) atoms. The average molecular weight is 316 g/mol. The van der Waals surface area contributed by atoms with Crippen LogP contribution in [0.4, 0.5) is 11.4 Å². The molecule has 5 heteroatoms. The van der Waals surface area contributed by atoms with Gasteiger partial charge in [0.05, 0.1) is 11.3 Å². The molecule has 0 unspecified atom stereocenters. The molecule has 0 aliphatic rings. The molecular formula is C18H12N4S. The van der Waals surface area contributed by atoms with E-state index >= 15 is 0 Å². The van der Waals surface area contributed by atoms with Crippen LogP contribution in [0.1, 0.15) is 5.56 Å². The second-order valence-corrected chi connectivity index (χ2v) is 5.92. The van der Waals surface area contributed by atoms with Crippen LogP contribution in [0.3, 0.4) is 0 Å². The number of nitrogens with one attached hydrogen (secondary N) is 2. The molecule has 0 atom stereocenters. The van der Waals surface area contributed by atoms with E-state index in [9.17, 15) is 5.26 Å². The molecule has 2 N–H and O–H groups in total. The van der Waals surface area contributed by atoms with E-state index in [0.29, 0.717) is 5.56 Å². The Bertz CT molecular complexity index is 1010. The highest BCUT2D eigenvalue weighted by Gasteiger charge is 2.12. The van der Waals surface area contributed by atoms with Gasteiger partial charge in [-0.05, 0) is 46.7 Å². The number of hydrogen-bond donors (Lipinski definition) is 2. The molecule has 0 fully saturated rings. The number of fused-ring (bicyclic) bond motifs is 1. The Labute approximate surface area is 137 Å². The summed E-state index contributed by atoms with van der Waals surface area (Å²) in [6, 6.07) is 12.4. The zero-order chi connectivity index (χ0) is 15.6. The van der Waals surface area contributed by atoms with Gasteiger partial charge in [0.15, 0.2) is 0 Å². The van der Waals surface area contributed by atoms with Gasteiger partial charge in [0.2, 0.25) is 0 Å². The number of rotatable bonds is 3. The maximum atomic E-state index is 9.42. The van der Waals surface area contributed by atoms with E-state index in [4.69, 9.17) is 0 Å². The smallest absolute Gasteiger partial charge is 0.103 e. The normalized spacial score (nSPS) is 10.6. The summed E-state index contributed by atoms with van der Waals surface area (Å²) in [5.74, 6) is 0. The van der Waals surface area contributed by atoms with Crippen molar-refractivity contribution in [2.75, 3.05) is 5.32 Å². The SMILES string of the molecule is N#Cc1cncc(-c2ccsc2)c1Nc1ccc2[nH]ccc2c1. The van der Waals surface area contributed by atoms with Crippen LogP contribution in [0.2, 0.25) is 0 Å². The van der Waals surface area contributed by atoms with Gasteiger partial charge >= 0.3 is 0 Å². The van der Waals surface area contributed by atoms with Gasteiger partial charge in [0, 0.05) is 40.7 Å². The summed E-state index contributed by atoms with van der Waals surface area (Å²) in [5.41, 5.74) is 5.34. The topological polar surface area (TPSA) is 64.5 Å². The number of thiophene rings is 1. The maximum absolute atomic E-state index is 9.42. The van der Waals surface area contributed by atoms with Gasteiger partial charge in [0.1, 0.15) is 6.07 Å². The summed E-state index contributed by atoms with van der Waals surface area (Å²) in [6.07, 6.45) is 5.30. The Morgan fingerprint density at radius 3 is 2.96 bits per heavy atom. The number of hydrogen-bond acceptors (Lipinski definition) is 4. The van der Waals surface area contributed by atoms with Crippen molar-refractivity contribution in [3.05, 3.63) is 65.2 Å². The first-order valence-corrected chi connectivity index (χ1v) is 8.04. The van der Waals surface area contributed by atoms with Crippen LogP contribution >= 0.6 is 11.3 Å². The van der Waals surface area contributed by atoms with Crippen molar-refractivity contribution in [2.24, 2.45) is 0 Å². The van der Waals surface area contributed by atoms with E-state index in [-0.39, 0.29) is 0 Å². The van der Waals surface area contributed by atoms with Crippen LogP contribution < -0.4 is 5.32 Å². The van der Waals surface area contributed by atoms with Crippen molar-refractivity contribution < 1.29 is 0 Å². The van der Waals surface area contributed by atoms with Crippen molar-refractivity contribution in [1.29, 1.82) is 5.26 Å². The number of benzene rings is 1. The maximum Gasteiger partial charge on any atom is 0.103 e. The third kappa shape index (κ3) is 2.45. The number of nitrogens with zero attached hydrogens (tertiary/aromatic N) is 2. The molecule has 1 aromatic carbocycles. The van der Waals surface area contributed by atoms with E-state index in [1.54, 1.807) is 23.7 Å². The lowest BCUT2D eigenvalue weighted by Gasteiger charge is -2.13. The number of H-pyrrole nitrogens is 1. The molecule has 0 spiro atoms. The molecule has 3 aromatic heterocycles. The summed E-state index contributed by atoms with van der Waals surface area (Å²) in [4.78, 5) is 7.37. The van der Waals surface area contributed by atoms with E-state index in [1.807, 2.05) is 35.8 Å². The zero-order valence-corrected chi connectivity index (χ0v) is 12.9. The molecule has 4 aromatic rings. The second-order valence-electron chi connectivity index (χ2n) is 5.14. The standard InChI is InChI=1S/C18H12N4S/c19-8-14-9-20-10-16(13-4-6-23-11-13)18(14)22-15-1-2-17-12(7-15)3-5-21-17/h1-7,9-11,21H,(H,20,22). The number of aromatic amines is 1. The molecule has 110 valence electrons. The lowest BCUT2D eigenvalue weighted by molar-refractivity contribution is 1.30. The fourth-order valence-electron chi connectivity index (χ4n) is 2.59. The van der Waals surface area contributed by atoms with Gasteiger partial charge in [-0.3, -0.25) is 4.98 Å². The first kappa shape index (κ1) is 13.6. The number of nitriles is 1. The minimum absolute atomic E-state index is 0.530. The van der Waals surface area contributed by atoms with Gasteiger partial charge in [-0.15, -0.1) is 0 Å². The molecule has 0 radical (unpaired) electrons. The molecule has 4 rings (SSSR count). The van der Waals surface area contributed by atoms with E-state index in [0.717, 1.165) is 33.4 Å². The molecule has 0 aliphatic carbocycles. The van der Waals surface area contributed by atoms with E-state index in [1.165, 1.54) is 0 Å². The van der Waals surface area contributed by atoms with Gasteiger partial charge in [-0.1, -0.05) is 0 Å². The Morgan fingerprint density at radius 1 is 1.17 bits per heavy atom. The minimum atomic E-state index is 0.530. The molecule has 0 aliphatic heterocycles. The first-order chi connectivity index (χ1) is 11.3. The lowest BCUT2D eigenvalue weighted by Crippen LogP contribution is -1.97. The molecular weight excluding hydrogens is 304 g/mol. The van der Waals surface area contributed by atoms with Crippen LogP contribution in [0, 0.1) is 11.3 Å². The highest BCUT2D eigenvalue weighted by atomic mass is 32.1. The summed E-state index contributed by atoms with van der Waals surface area (Å²) >= 11 is 1.62. The van der Waals surface area contributed by atoms with Crippen molar-refractivity contribution in [2.45, 2.75) is 0 Å². The summed E-state index contributed by atoms with van der Waals surface area (Å²) in [7, 11) is 0. The predicted molar refractivity (Wildman–Crippen MR) is 93.8 cm³/mol. The Kier molecular flexibility index (Phi) is 3.30. The fraction of sp³-hybridized carbons (Fsp3) is 0. The molecule has 0 saturated heterocycles. The van der Waals surface area contributed by atoms with Crippen LogP contribution in [-0.2, 0) is 0 Å². The van der Waals surface area contributed by atoms with Crippen molar-refractivity contribution in [3.63, 3.8) is 0 Å². The number of anilines is 2. The summed E-state index contributed by atoms with van der Waals surface area (Å²) in [5, 5.41) is 18.0. The first-order valence-electron chi connectivity index (χ1n) is 7.10. The highest BCUT2D eigenvalue weighted by molar-refractivity contribution is 7.08. The average Bonchev–Trinajstić information content (AvgIpc) is 3.26. The third-order valence-electron chi connectivity index (χ3n) is 3.72. The molecule has 0 saturated carbocycles. The van der Waals surface area contributed by atoms with Crippen molar-refractivity contribution in [3.8, 4) is 17.2 Å². The quantitative estimate of drug-likeness (QED) is 0.564. The summed E-state index contributed by atoms with van der Waals surface area (Å²) < 4.78 is 0. The highest BCUT2D eigenvalue weighted by Crippen LogP contribution is 2.34. The lowest BCUT2D eigenvalue weighted by atomic mass is 10.1. The molecule has 3 heterocycles. The van der Waals surface area contributed by atoms with Gasteiger partial charge in [-0.25, -0.2) is 0 Å². The van der Waals surface area contributed by atoms with Gasteiger partial charge in [-0.2, -0.15) is 16.6 Å². The van der Waals surface area contributed by atoms with E-state index in [2.05, 4.69) is 32.8 Å². The minimum Gasteiger partial charge on any atom is -0.361 e. The number of aromatic nitrogens is 2. The van der Waals surface area contributed by atoms with Crippen LogP contribution in [0.15, 0.2) is 59.7 Å². The van der Waals surface area contributed by atoms with Gasteiger partial charge < -0.3 is 10.3 Å². The van der Waals surface area contributed by atoms with Crippen LogP contribution in [-0.4, -0.2) is 9.97 Å².